The van der Waals surface area contributed by atoms with E-state index < -0.39 is 0 Å². The lowest BCUT2D eigenvalue weighted by Crippen LogP contribution is -2.36. The zero-order valence-electron chi connectivity index (χ0n) is 11.1. The summed E-state index contributed by atoms with van der Waals surface area (Å²) in [6.45, 7) is 8.17. The van der Waals surface area contributed by atoms with Crippen LogP contribution >= 0.6 is 11.8 Å². The summed E-state index contributed by atoms with van der Waals surface area (Å²) < 4.78 is 0. The van der Waals surface area contributed by atoms with Crippen LogP contribution in [0.3, 0.4) is 0 Å². The van der Waals surface area contributed by atoms with Crippen LogP contribution in [0.2, 0.25) is 0 Å². The molecule has 1 aromatic rings. The first-order valence-electron chi connectivity index (χ1n) is 6.97. The van der Waals surface area contributed by atoms with Gasteiger partial charge in [-0.15, -0.1) is 0 Å². The number of hydrogen-bond donors (Lipinski definition) is 1. The van der Waals surface area contributed by atoms with E-state index in [-0.39, 0.29) is 0 Å². The molecule has 1 unspecified atom stereocenters. The van der Waals surface area contributed by atoms with Crippen LogP contribution in [0.15, 0.2) is 18.2 Å². The maximum absolute atomic E-state index is 3.46. The van der Waals surface area contributed by atoms with Crippen LogP contribution in [0.4, 0.5) is 0 Å². The normalized spacial score (nSPS) is 24.8. The summed E-state index contributed by atoms with van der Waals surface area (Å²) in [5.74, 6) is 1.29. The lowest BCUT2D eigenvalue weighted by Gasteiger charge is -2.32. The Morgan fingerprint density at radius 1 is 1.44 bits per heavy atom. The maximum Gasteiger partial charge on any atom is 0.0237 e. The fourth-order valence-corrected chi connectivity index (χ4v) is 4.12. The van der Waals surface area contributed by atoms with E-state index in [1.54, 1.807) is 11.1 Å². The van der Waals surface area contributed by atoms with Gasteiger partial charge in [-0.05, 0) is 29.7 Å². The summed E-state index contributed by atoms with van der Waals surface area (Å²) in [7, 11) is 0. The lowest BCUT2D eigenvalue weighted by atomic mass is 9.95. The van der Waals surface area contributed by atoms with Crippen LogP contribution in [0.25, 0.3) is 0 Å². The maximum atomic E-state index is 3.46. The molecule has 18 heavy (non-hydrogen) atoms. The fourth-order valence-electron chi connectivity index (χ4n) is 3.03. The van der Waals surface area contributed by atoms with Crippen LogP contribution in [0, 0.1) is 0 Å². The Morgan fingerprint density at radius 3 is 3.28 bits per heavy atom. The van der Waals surface area contributed by atoms with Crippen molar-refractivity contribution in [2.24, 2.45) is 0 Å². The quantitative estimate of drug-likeness (QED) is 0.880. The number of rotatable bonds is 2. The average molecular weight is 262 g/mol. The smallest absolute Gasteiger partial charge is 0.0237 e. The minimum absolute atomic E-state index is 0.792. The van der Waals surface area contributed by atoms with Crippen LogP contribution < -0.4 is 5.32 Å². The Kier molecular flexibility index (Phi) is 3.92. The predicted molar refractivity (Wildman–Crippen MR) is 79.0 cm³/mol. The summed E-state index contributed by atoms with van der Waals surface area (Å²) in [5, 5.41) is 4.25. The van der Waals surface area contributed by atoms with Crippen LogP contribution in [-0.4, -0.2) is 35.5 Å². The molecule has 1 N–H and O–H groups in total. The third kappa shape index (κ3) is 2.73. The molecule has 2 aliphatic rings. The van der Waals surface area contributed by atoms with Gasteiger partial charge in [-0.1, -0.05) is 25.1 Å². The van der Waals surface area contributed by atoms with E-state index in [0.717, 1.165) is 24.9 Å². The zero-order valence-corrected chi connectivity index (χ0v) is 11.9. The molecule has 3 heteroatoms. The molecule has 3 rings (SSSR count). The first-order valence-corrected chi connectivity index (χ1v) is 8.02. The van der Waals surface area contributed by atoms with E-state index in [0.29, 0.717) is 0 Å². The summed E-state index contributed by atoms with van der Waals surface area (Å²) in [6.07, 6.45) is 1.20. The molecular formula is C15H22N2S. The molecule has 0 radical (unpaired) electrons. The molecule has 1 atom stereocenters. The number of thioether (sulfide) groups is 1. The summed E-state index contributed by atoms with van der Waals surface area (Å²) in [6, 6.07) is 6.83. The minimum Gasteiger partial charge on any atom is -0.312 e. The molecule has 1 aromatic carbocycles. The van der Waals surface area contributed by atoms with Crippen molar-refractivity contribution in [2.75, 3.05) is 25.4 Å². The van der Waals surface area contributed by atoms with Crippen molar-refractivity contribution in [3.8, 4) is 0 Å². The second kappa shape index (κ2) is 5.64. The van der Waals surface area contributed by atoms with Gasteiger partial charge in [-0.2, -0.15) is 11.8 Å². The van der Waals surface area contributed by atoms with E-state index >= 15 is 0 Å². The lowest BCUT2D eigenvalue weighted by molar-refractivity contribution is 0.277. The van der Waals surface area contributed by atoms with Gasteiger partial charge in [0.15, 0.2) is 0 Å². The second-order valence-corrected chi connectivity index (χ2v) is 6.94. The zero-order chi connectivity index (χ0) is 12.4. The van der Waals surface area contributed by atoms with Gasteiger partial charge in [0.2, 0.25) is 0 Å². The first-order chi connectivity index (χ1) is 8.83. The molecular weight excluding hydrogens is 240 g/mol. The van der Waals surface area contributed by atoms with Crippen molar-refractivity contribution in [1.29, 1.82) is 0 Å². The summed E-state index contributed by atoms with van der Waals surface area (Å²) in [5.41, 5.74) is 4.69. The van der Waals surface area contributed by atoms with E-state index in [9.17, 15) is 0 Å². The van der Waals surface area contributed by atoms with Crippen LogP contribution in [-0.2, 0) is 19.5 Å². The van der Waals surface area contributed by atoms with E-state index in [1.807, 2.05) is 0 Å². The highest BCUT2D eigenvalue weighted by atomic mass is 32.2. The third-order valence-electron chi connectivity index (χ3n) is 3.96. The monoisotopic (exact) mass is 262 g/mol. The molecule has 1 saturated heterocycles. The molecule has 0 amide bonds. The summed E-state index contributed by atoms with van der Waals surface area (Å²) in [4.78, 5) is 2.62. The molecule has 0 bridgehead atoms. The molecule has 2 nitrogen and oxygen atoms in total. The standard InChI is InChI=1S/C15H22N2S/c1-12-10-17(7-8-18-12)11-14-4-2-3-13-9-16-6-5-15(13)14/h2-4,12,16H,5-11H2,1H3. The average Bonchev–Trinajstić information content (AvgIpc) is 2.39. The second-order valence-electron chi connectivity index (χ2n) is 5.40. The van der Waals surface area contributed by atoms with Crippen molar-refractivity contribution in [3.63, 3.8) is 0 Å². The number of benzene rings is 1. The topological polar surface area (TPSA) is 15.3 Å². The molecule has 2 heterocycles. The first kappa shape index (κ1) is 12.5. The SMILES string of the molecule is CC1CN(Cc2cccc3c2CCNC3)CCS1. The van der Waals surface area contributed by atoms with Crippen LogP contribution in [0.5, 0.6) is 0 Å². The van der Waals surface area contributed by atoms with Gasteiger partial charge in [-0.25, -0.2) is 0 Å². The Hall–Kier alpha value is -0.510. The van der Waals surface area contributed by atoms with Crippen LogP contribution in [0.1, 0.15) is 23.6 Å². The Labute approximate surface area is 114 Å². The number of nitrogens with zero attached hydrogens (tertiary/aromatic N) is 1. The van der Waals surface area contributed by atoms with E-state index in [1.165, 1.54) is 30.8 Å². The molecule has 0 saturated carbocycles. The third-order valence-corrected chi connectivity index (χ3v) is 5.09. The molecule has 1 fully saturated rings. The molecule has 2 aliphatic heterocycles. The van der Waals surface area contributed by atoms with Gasteiger partial charge in [0.25, 0.3) is 0 Å². The molecule has 0 aromatic heterocycles. The van der Waals surface area contributed by atoms with Crippen molar-refractivity contribution in [2.45, 2.75) is 31.7 Å². The Morgan fingerprint density at radius 2 is 2.39 bits per heavy atom. The van der Waals surface area contributed by atoms with Gasteiger partial charge in [0.05, 0.1) is 0 Å². The molecule has 0 spiro atoms. The summed E-state index contributed by atoms with van der Waals surface area (Å²) >= 11 is 2.11. The highest BCUT2D eigenvalue weighted by Crippen LogP contribution is 2.23. The number of nitrogens with one attached hydrogen (secondary N) is 1. The van der Waals surface area contributed by atoms with Crippen molar-refractivity contribution in [1.82, 2.24) is 10.2 Å². The highest BCUT2D eigenvalue weighted by Gasteiger charge is 2.19. The fraction of sp³-hybridized carbons (Fsp3) is 0.600. The molecule has 98 valence electrons. The van der Waals surface area contributed by atoms with E-state index in [4.69, 9.17) is 0 Å². The van der Waals surface area contributed by atoms with Crippen molar-refractivity contribution in [3.05, 3.63) is 34.9 Å². The molecule has 0 aliphatic carbocycles. The van der Waals surface area contributed by atoms with E-state index in [2.05, 4.69) is 47.1 Å². The van der Waals surface area contributed by atoms with Gasteiger partial charge in [-0.3, -0.25) is 4.90 Å². The highest BCUT2D eigenvalue weighted by molar-refractivity contribution is 7.99. The Bertz CT molecular complexity index is 419. The van der Waals surface area contributed by atoms with Gasteiger partial charge in [0.1, 0.15) is 0 Å². The number of hydrogen-bond acceptors (Lipinski definition) is 3. The van der Waals surface area contributed by atoms with Gasteiger partial charge < -0.3 is 5.32 Å². The Balaban J connectivity index is 1.76. The van der Waals surface area contributed by atoms with Crippen molar-refractivity contribution >= 4 is 11.8 Å². The van der Waals surface area contributed by atoms with Crippen molar-refractivity contribution < 1.29 is 0 Å². The van der Waals surface area contributed by atoms with Gasteiger partial charge in [0, 0.05) is 37.2 Å². The largest absolute Gasteiger partial charge is 0.312 e. The minimum atomic E-state index is 0.792. The predicted octanol–water partition coefficient (Wildman–Crippen LogP) is 2.27. The number of fused-ring (bicyclic) bond motifs is 1. The van der Waals surface area contributed by atoms with Gasteiger partial charge >= 0.3 is 0 Å².